The molecule has 0 amide bonds. The molecule has 0 radical (unpaired) electrons. The van der Waals surface area contributed by atoms with Gasteiger partial charge < -0.3 is 4.57 Å². The highest BCUT2D eigenvalue weighted by molar-refractivity contribution is 8.03. The summed E-state index contributed by atoms with van der Waals surface area (Å²) in [7, 11) is 0. The van der Waals surface area contributed by atoms with E-state index in [1.807, 2.05) is 23.1 Å². The minimum atomic E-state index is 0.313. The summed E-state index contributed by atoms with van der Waals surface area (Å²) in [5.41, 5.74) is 7.86. The zero-order chi connectivity index (χ0) is 38.6. The number of hydrogen-bond donors (Lipinski definition) is 0. The van der Waals surface area contributed by atoms with E-state index in [-0.39, 0.29) is 0 Å². The van der Waals surface area contributed by atoms with Crippen LogP contribution >= 0.6 is 23.1 Å². The van der Waals surface area contributed by atoms with Gasteiger partial charge in [0.15, 0.2) is 17.5 Å². The maximum Gasteiger partial charge on any atom is 0.164 e. The Kier molecular flexibility index (Phi) is 7.20. The number of thioether (sulfide) groups is 1. The van der Waals surface area contributed by atoms with Gasteiger partial charge in [0.05, 0.1) is 11.0 Å². The van der Waals surface area contributed by atoms with Gasteiger partial charge in [-0.3, -0.25) is 0 Å². The summed E-state index contributed by atoms with van der Waals surface area (Å²) in [4.78, 5) is 18.5. The lowest BCUT2D eigenvalue weighted by Crippen LogP contribution is -2.07. The van der Waals surface area contributed by atoms with Crippen molar-refractivity contribution in [2.24, 2.45) is 0 Å². The van der Waals surface area contributed by atoms with Crippen molar-refractivity contribution >= 4 is 92.2 Å². The topological polar surface area (TPSA) is 43.6 Å². The maximum atomic E-state index is 5.29. The van der Waals surface area contributed by atoms with Crippen LogP contribution in [0.15, 0.2) is 186 Å². The Bertz CT molecular complexity index is 3540. The summed E-state index contributed by atoms with van der Waals surface area (Å²) in [6.07, 6.45) is 5.49. The van der Waals surface area contributed by atoms with Crippen LogP contribution < -0.4 is 0 Å². The average Bonchev–Trinajstić information content (AvgIpc) is 3.98. The van der Waals surface area contributed by atoms with Gasteiger partial charge in [0.2, 0.25) is 0 Å². The Hall–Kier alpha value is -6.86. The van der Waals surface area contributed by atoms with Gasteiger partial charge in [-0.15, -0.1) is 11.3 Å². The summed E-state index contributed by atoms with van der Waals surface area (Å²) in [6, 6.07) is 59.3. The number of thiophene rings is 1. The number of benzene rings is 8. The molecule has 4 heterocycles. The molecule has 4 nitrogen and oxygen atoms in total. The zero-order valence-corrected chi connectivity index (χ0v) is 33.3. The molecule has 0 saturated carbocycles. The van der Waals surface area contributed by atoms with Gasteiger partial charge in [0, 0.05) is 69.1 Å². The van der Waals surface area contributed by atoms with Crippen molar-refractivity contribution in [1.82, 2.24) is 19.5 Å². The van der Waals surface area contributed by atoms with Crippen LogP contribution in [0.1, 0.15) is 23.7 Å². The number of nitrogens with zero attached hydrogens (tertiary/aromatic N) is 4. The molecule has 0 N–H and O–H groups in total. The molecule has 8 aromatic carbocycles. The number of allylic oxidation sites excluding steroid dienone is 4. The van der Waals surface area contributed by atoms with Crippen molar-refractivity contribution in [3.8, 4) is 28.5 Å². The third-order valence-electron chi connectivity index (χ3n) is 12.2. The van der Waals surface area contributed by atoms with E-state index < -0.39 is 0 Å². The zero-order valence-electron chi connectivity index (χ0n) is 31.6. The van der Waals surface area contributed by atoms with Crippen LogP contribution in [-0.2, 0) is 0 Å². The molecule has 13 rings (SSSR count). The first kappa shape index (κ1) is 33.1. The largest absolute Gasteiger partial charge is 0.309 e. The standard InChI is InChI=1S/C53H32N4S2/c1-3-12-36-31(10-1)22-27-43-48(36)49-37-13-4-2-11-32(37)23-28-44(49)57(43)35-25-20-33(21-26-35)51-54-52(34-24-29-47-42(30-34)39-15-6-7-18-45(39)58-47)56-53(55-51)41-17-9-16-40-38-14-5-8-19-46(38)59-50(40)41/h1-15,17-30,40H,16H2. The van der Waals surface area contributed by atoms with Gasteiger partial charge in [-0.25, -0.2) is 15.0 Å². The smallest absolute Gasteiger partial charge is 0.164 e. The fraction of sp³-hybridized carbons (Fsp3) is 0.0377. The van der Waals surface area contributed by atoms with Crippen LogP contribution in [0.4, 0.5) is 0 Å². The number of hydrogen-bond acceptors (Lipinski definition) is 5. The van der Waals surface area contributed by atoms with E-state index in [4.69, 9.17) is 15.0 Å². The number of fused-ring (bicyclic) bond motifs is 13. The van der Waals surface area contributed by atoms with Crippen molar-refractivity contribution in [1.29, 1.82) is 0 Å². The molecule has 6 heteroatoms. The molecular weight excluding hydrogens is 757 g/mol. The molecule has 1 aliphatic carbocycles. The summed E-state index contributed by atoms with van der Waals surface area (Å²) in [5, 5.41) is 10.0. The van der Waals surface area contributed by atoms with Gasteiger partial charge in [-0.1, -0.05) is 121 Å². The Balaban J connectivity index is 0.996. The van der Waals surface area contributed by atoms with Crippen molar-refractivity contribution in [2.45, 2.75) is 17.2 Å². The van der Waals surface area contributed by atoms with E-state index in [0.717, 1.165) is 28.8 Å². The molecule has 59 heavy (non-hydrogen) atoms. The first-order chi connectivity index (χ1) is 29.2. The minimum absolute atomic E-state index is 0.313. The normalized spacial score (nSPS) is 15.0. The van der Waals surface area contributed by atoms with E-state index in [0.29, 0.717) is 23.4 Å². The molecule has 3 aromatic heterocycles. The van der Waals surface area contributed by atoms with E-state index in [9.17, 15) is 0 Å². The Morgan fingerprint density at radius 3 is 1.88 bits per heavy atom. The molecular formula is C53H32N4S2. The molecule has 0 spiro atoms. The predicted molar refractivity (Wildman–Crippen MR) is 249 cm³/mol. The molecule has 1 unspecified atom stereocenters. The van der Waals surface area contributed by atoms with E-state index in [1.165, 1.54) is 78.9 Å². The van der Waals surface area contributed by atoms with Crippen LogP contribution in [0.2, 0.25) is 0 Å². The molecule has 276 valence electrons. The lowest BCUT2D eigenvalue weighted by Gasteiger charge is -2.18. The highest BCUT2D eigenvalue weighted by Crippen LogP contribution is 2.54. The molecule has 0 saturated heterocycles. The predicted octanol–water partition coefficient (Wildman–Crippen LogP) is 14.5. The fourth-order valence-electron chi connectivity index (χ4n) is 9.46. The van der Waals surface area contributed by atoms with Crippen LogP contribution in [0.3, 0.4) is 0 Å². The molecule has 2 aliphatic rings. The Labute approximate surface area is 347 Å². The quantitative estimate of drug-likeness (QED) is 0.178. The van der Waals surface area contributed by atoms with Crippen molar-refractivity contribution in [2.75, 3.05) is 0 Å². The van der Waals surface area contributed by atoms with Crippen LogP contribution in [0.5, 0.6) is 0 Å². The van der Waals surface area contributed by atoms with E-state index in [2.05, 4.69) is 181 Å². The summed E-state index contributed by atoms with van der Waals surface area (Å²) < 4.78 is 4.95. The minimum Gasteiger partial charge on any atom is -0.309 e. The summed E-state index contributed by atoms with van der Waals surface area (Å²) in [5.74, 6) is 2.36. The lowest BCUT2D eigenvalue weighted by molar-refractivity contribution is 0.838. The molecule has 0 bridgehead atoms. The molecule has 1 aliphatic heterocycles. The number of aromatic nitrogens is 4. The Morgan fingerprint density at radius 1 is 0.508 bits per heavy atom. The second-order valence-electron chi connectivity index (χ2n) is 15.5. The third kappa shape index (κ3) is 5.07. The lowest BCUT2D eigenvalue weighted by atomic mass is 9.89. The molecule has 0 fully saturated rings. The van der Waals surface area contributed by atoms with Crippen molar-refractivity contribution < 1.29 is 0 Å². The van der Waals surface area contributed by atoms with Gasteiger partial charge in [-0.2, -0.15) is 0 Å². The monoisotopic (exact) mass is 788 g/mol. The van der Waals surface area contributed by atoms with E-state index >= 15 is 0 Å². The second kappa shape index (κ2) is 12.8. The van der Waals surface area contributed by atoms with Crippen LogP contribution in [0, 0.1) is 0 Å². The highest BCUT2D eigenvalue weighted by atomic mass is 32.2. The Morgan fingerprint density at radius 2 is 1.12 bits per heavy atom. The highest BCUT2D eigenvalue weighted by Gasteiger charge is 2.32. The molecule has 1 atom stereocenters. The van der Waals surface area contributed by atoms with Crippen LogP contribution in [0.25, 0.3) is 97.6 Å². The number of rotatable bonds is 4. The summed E-state index contributed by atoms with van der Waals surface area (Å²) >= 11 is 3.68. The summed E-state index contributed by atoms with van der Waals surface area (Å²) in [6.45, 7) is 0. The molecule has 11 aromatic rings. The fourth-order valence-corrected chi connectivity index (χ4v) is 11.9. The average molecular weight is 789 g/mol. The van der Waals surface area contributed by atoms with Gasteiger partial charge in [0.1, 0.15) is 0 Å². The third-order valence-corrected chi connectivity index (χ3v) is 14.7. The van der Waals surface area contributed by atoms with Crippen molar-refractivity contribution in [3.63, 3.8) is 0 Å². The van der Waals surface area contributed by atoms with Gasteiger partial charge >= 0.3 is 0 Å². The SMILES string of the molecule is C1=CC(c2nc(-c3ccc(-n4c5ccc6ccccc6c5c5c6ccccc6ccc54)cc3)nc(-c3ccc4sc5ccccc5c4c3)n2)=C2Sc3ccccc3C2C1. The first-order valence-corrected chi connectivity index (χ1v) is 21.7. The van der Waals surface area contributed by atoms with E-state index in [1.54, 1.807) is 0 Å². The van der Waals surface area contributed by atoms with Gasteiger partial charge in [-0.05, 0) is 100 Å². The second-order valence-corrected chi connectivity index (χ2v) is 17.6. The maximum absolute atomic E-state index is 5.29. The van der Waals surface area contributed by atoms with Crippen LogP contribution in [-0.4, -0.2) is 19.5 Å². The first-order valence-electron chi connectivity index (χ1n) is 20.0. The van der Waals surface area contributed by atoms with Gasteiger partial charge in [0.25, 0.3) is 0 Å². The van der Waals surface area contributed by atoms with Crippen molar-refractivity contribution in [3.05, 3.63) is 192 Å².